The number of H-pyrrole nitrogens is 1. The van der Waals surface area contributed by atoms with E-state index in [1.54, 1.807) is 19.2 Å². The number of carbonyl (C=O) groups excluding carboxylic acids is 2. The van der Waals surface area contributed by atoms with Crippen LogP contribution in [0.1, 0.15) is 48.2 Å². The van der Waals surface area contributed by atoms with Crippen LogP contribution < -0.4 is 20.1 Å². The second kappa shape index (κ2) is 11.3. The third-order valence-corrected chi connectivity index (χ3v) is 7.72. The molecule has 3 heterocycles. The molecule has 2 aromatic carbocycles. The smallest absolute Gasteiger partial charge is 0.255 e. The minimum Gasteiger partial charge on any atom is -0.497 e. The number of carbonyl (C=O) groups is 2. The number of hydrogen-bond donors (Lipinski definition) is 3. The predicted molar refractivity (Wildman–Crippen MR) is 143 cm³/mol. The van der Waals surface area contributed by atoms with Crippen LogP contribution in [0.3, 0.4) is 0 Å². The van der Waals surface area contributed by atoms with Gasteiger partial charge in [-0.05, 0) is 75.2 Å². The van der Waals surface area contributed by atoms with Gasteiger partial charge in [-0.25, -0.2) is 0 Å². The summed E-state index contributed by atoms with van der Waals surface area (Å²) >= 11 is 0. The number of ether oxygens (including phenoxy) is 2. The number of methoxy groups -OCH3 is 1. The molecule has 0 aliphatic carbocycles. The molecule has 0 radical (unpaired) electrons. The van der Waals surface area contributed by atoms with Crippen molar-refractivity contribution in [3.63, 3.8) is 0 Å². The van der Waals surface area contributed by atoms with Gasteiger partial charge in [-0.1, -0.05) is 18.6 Å². The van der Waals surface area contributed by atoms with Crippen LogP contribution in [-0.4, -0.2) is 61.6 Å². The predicted octanol–water partition coefficient (Wildman–Crippen LogP) is 3.87. The van der Waals surface area contributed by atoms with E-state index in [-0.39, 0.29) is 17.2 Å². The molecule has 1 saturated heterocycles. The Morgan fingerprint density at radius 1 is 0.973 bits per heavy atom. The zero-order valence-corrected chi connectivity index (χ0v) is 21.5. The number of fused-ring (bicyclic) bond motifs is 2. The molecule has 8 heteroatoms. The van der Waals surface area contributed by atoms with Crippen molar-refractivity contribution in [1.29, 1.82) is 0 Å². The second-order valence-corrected chi connectivity index (χ2v) is 10.1. The zero-order chi connectivity index (χ0) is 25.7. The zero-order valence-electron chi connectivity index (χ0n) is 21.5. The fourth-order valence-electron chi connectivity index (χ4n) is 5.53. The first kappa shape index (κ1) is 25.1. The van der Waals surface area contributed by atoms with Crippen molar-refractivity contribution in [3.8, 4) is 11.5 Å². The summed E-state index contributed by atoms with van der Waals surface area (Å²) in [6.45, 7) is 3.89. The highest BCUT2D eigenvalue weighted by Crippen LogP contribution is 2.37. The summed E-state index contributed by atoms with van der Waals surface area (Å²) in [6, 6.07) is 15.5. The van der Waals surface area contributed by atoms with Gasteiger partial charge in [0.15, 0.2) is 0 Å². The summed E-state index contributed by atoms with van der Waals surface area (Å²) in [6.07, 6.45) is 4.21. The van der Waals surface area contributed by atoms with E-state index in [0.29, 0.717) is 31.0 Å². The largest absolute Gasteiger partial charge is 0.497 e. The number of amides is 2. The Hall–Kier alpha value is -3.52. The van der Waals surface area contributed by atoms with Crippen LogP contribution >= 0.6 is 0 Å². The Morgan fingerprint density at radius 2 is 1.81 bits per heavy atom. The number of aromatic amines is 1. The van der Waals surface area contributed by atoms with E-state index in [9.17, 15) is 9.59 Å². The number of hydrogen-bond acceptors (Lipinski definition) is 5. The van der Waals surface area contributed by atoms with Crippen molar-refractivity contribution in [2.24, 2.45) is 5.41 Å². The second-order valence-electron chi connectivity index (χ2n) is 10.1. The molecule has 0 unspecified atom stereocenters. The Kier molecular flexibility index (Phi) is 7.65. The first-order chi connectivity index (χ1) is 18.1. The van der Waals surface area contributed by atoms with E-state index in [1.807, 2.05) is 30.3 Å². The van der Waals surface area contributed by atoms with Crippen LogP contribution in [0.15, 0.2) is 48.5 Å². The third-order valence-electron chi connectivity index (χ3n) is 7.72. The molecule has 2 aliphatic heterocycles. The van der Waals surface area contributed by atoms with Gasteiger partial charge in [-0.3, -0.25) is 14.5 Å². The topological polar surface area (TPSA) is 95.7 Å². The number of likely N-dealkylation sites (tertiary alicyclic amines) is 1. The molecule has 3 aromatic rings. The van der Waals surface area contributed by atoms with Gasteiger partial charge in [-0.15, -0.1) is 0 Å². The van der Waals surface area contributed by atoms with Crippen LogP contribution in [0.5, 0.6) is 11.5 Å². The fourth-order valence-corrected chi connectivity index (χ4v) is 5.53. The number of benzene rings is 2. The van der Waals surface area contributed by atoms with Crippen LogP contribution in [-0.2, 0) is 11.3 Å². The number of piperidine rings is 1. The molecule has 5 rings (SSSR count). The van der Waals surface area contributed by atoms with Crippen LogP contribution in [0.25, 0.3) is 10.9 Å². The number of para-hydroxylation sites is 1. The summed E-state index contributed by atoms with van der Waals surface area (Å²) in [4.78, 5) is 32.0. The normalized spacial score (nSPS) is 19.4. The number of aromatic nitrogens is 1. The molecule has 196 valence electrons. The molecule has 2 amide bonds. The van der Waals surface area contributed by atoms with E-state index < -0.39 is 0 Å². The Labute approximate surface area is 217 Å². The lowest BCUT2D eigenvalue weighted by atomic mass is 9.73. The van der Waals surface area contributed by atoms with Crippen LogP contribution in [0, 0.1) is 5.41 Å². The molecule has 1 aromatic heterocycles. The van der Waals surface area contributed by atoms with Gasteiger partial charge in [0, 0.05) is 29.7 Å². The van der Waals surface area contributed by atoms with E-state index in [2.05, 4.69) is 26.6 Å². The monoisotopic (exact) mass is 504 g/mol. The van der Waals surface area contributed by atoms with Gasteiger partial charge in [0.25, 0.3) is 5.91 Å². The maximum absolute atomic E-state index is 13.4. The lowest BCUT2D eigenvalue weighted by Gasteiger charge is -2.41. The standard InChI is InChI=1S/C29H36N4O4/c1-36-23-8-9-25-21(19-23)18-22(32-25)20-33-15-11-29(12-16-33)10-4-5-13-30-27(34)24-6-2-3-7-26(24)37-17-14-31-28(29)35/h2-3,6-9,18-19,32H,4-5,10-17,20H2,1H3,(H,30,34)(H,31,35). The van der Waals surface area contributed by atoms with Gasteiger partial charge >= 0.3 is 0 Å². The fraction of sp³-hybridized carbons (Fsp3) is 0.448. The average Bonchev–Trinajstić information content (AvgIpc) is 3.33. The lowest BCUT2D eigenvalue weighted by Crippen LogP contribution is -2.49. The minimum atomic E-state index is -0.379. The van der Waals surface area contributed by atoms with Gasteiger partial charge in [0.1, 0.15) is 18.1 Å². The molecular weight excluding hydrogens is 468 g/mol. The van der Waals surface area contributed by atoms with Crippen molar-refractivity contribution in [2.75, 3.05) is 39.9 Å². The summed E-state index contributed by atoms with van der Waals surface area (Å²) in [7, 11) is 1.68. The lowest BCUT2D eigenvalue weighted by molar-refractivity contribution is -0.134. The maximum Gasteiger partial charge on any atom is 0.255 e. The van der Waals surface area contributed by atoms with E-state index in [4.69, 9.17) is 9.47 Å². The highest BCUT2D eigenvalue weighted by atomic mass is 16.5. The quantitative estimate of drug-likeness (QED) is 0.503. The molecule has 2 aliphatic rings. The Bertz CT molecular complexity index is 1250. The van der Waals surface area contributed by atoms with Crippen molar-refractivity contribution >= 4 is 22.7 Å². The van der Waals surface area contributed by atoms with E-state index in [1.165, 1.54) is 5.69 Å². The highest BCUT2D eigenvalue weighted by molar-refractivity contribution is 5.96. The van der Waals surface area contributed by atoms with Gasteiger partial charge in [-0.2, -0.15) is 0 Å². The number of nitrogens with zero attached hydrogens (tertiary/aromatic N) is 1. The molecule has 8 nitrogen and oxygen atoms in total. The molecular formula is C29H36N4O4. The molecule has 1 fully saturated rings. The van der Waals surface area contributed by atoms with Crippen LogP contribution in [0.2, 0.25) is 0 Å². The number of nitrogens with one attached hydrogen (secondary N) is 3. The maximum atomic E-state index is 13.4. The summed E-state index contributed by atoms with van der Waals surface area (Å²) in [5, 5.41) is 7.28. The molecule has 0 atom stereocenters. The summed E-state index contributed by atoms with van der Waals surface area (Å²) in [5.41, 5.74) is 2.43. The first-order valence-corrected chi connectivity index (χ1v) is 13.2. The third kappa shape index (κ3) is 5.74. The molecule has 0 bridgehead atoms. The van der Waals surface area contributed by atoms with Gasteiger partial charge < -0.3 is 25.1 Å². The van der Waals surface area contributed by atoms with Crippen molar-refractivity contribution in [3.05, 3.63) is 59.8 Å². The average molecular weight is 505 g/mol. The molecule has 3 N–H and O–H groups in total. The van der Waals surface area contributed by atoms with E-state index >= 15 is 0 Å². The Balaban J connectivity index is 1.21. The Morgan fingerprint density at radius 3 is 2.65 bits per heavy atom. The molecule has 1 spiro atoms. The summed E-state index contributed by atoms with van der Waals surface area (Å²) in [5.74, 6) is 1.41. The minimum absolute atomic E-state index is 0.116. The number of rotatable bonds is 3. The first-order valence-electron chi connectivity index (χ1n) is 13.2. The SMILES string of the molecule is COc1ccc2[nH]c(CN3CCC4(CCCCNC(=O)c5ccccc5OCCNC4=O)CC3)cc2c1. The molecule has 0 saturated carbocycles. The van der Waals surface area contributed by atoms with Gasteiger partial charge in [0.05, 0.1) is 24.6 Å². The van der Waals surface area contributed by atoms with Crippen molar-refractivity contribution < 1.29 is 19.1 Å². The van der Waals surface area contributed by atoms with Crippen molar-refractivity contribution in [2.45, 2.75) is 38.6 Å². The molecule has 37 heavy (non-hydrogen) atoms. The van der Waals surface area contributed by atoms with Crippen LogP contribution in [0.4, 0.5) is 0 Å². The summed E-state index contributed by atoms with van der Waals surface area (Å²) < 4.78 is 11.2. The van der Waals surface area contributed by atoms with Crippen molar-refractivity contribution in [1.82, 2.24) is 20.5 Å². The van der Waals surface area contributed by atoms with E-state index in [0.717, 1.165) is 68.4 Å². The highest BCUT2D eigenvalue weighted by Gasteiger charge is 2.40. The van der Waals surface area contributed by atoms with Gasteiger partial charge in [0.2, 0.25) is 5.91 Å².